The lowest BCUT2D eigenvalue weighted by Crippen LogP contribution is -2.38. The molecule has 60 valence electrons. The summed E-state index contributed by atoms with van der Waals surface area (Å²) >= 11 is 0. The monoisotopic (exact) mass is 150 g/mol. The second kappa shape index (κ2) is 3.50. The highest BCUT2D eigenvalue weighted by Crippen LogP contribution is 2.03. The number of carboxylic acid groups (broad SMARTS) is 1. The molecule has 0 aromatic heterocycles. The Morgan fingerprint density at radius 1 is 1.70 bits per heavy atom. The fraction of sp³-hybridized carbons (Fsp3) is 0.800. The maximum absolute atomic E-state index is 10.1. The minimum absolute atomic E-state index is 0.195. The molecule has 0 radical (unpaired) electrons. The van der Waals surface area contributed by atoms with E-state index in [4.69, 9.17) is 15.3 Å². The second-order valence-corrected chi connectivity index (χ2v) is 1.86. The summed E-state index contributed by atoms with van der Waals surface area (Å²) in [5, 5.41) is 25.2. The van der Waals surface area contributed by atoms with Crippen molar-refractivity contribution in [1.82, 2.24) is 0 Å². The predicted octanol–water partition coefficient (Wildman–Crippen LogP) is -1.21. The quantitative estimate of drug-likeness (QED) is 0.437. The number of carboxylic acids is 1. The highest BCUT2D eigenvalue weighted by molar-refractivity contribution is 5.74. The lowest BCUT2D eigenvalue weighted by molar-refractivity contribution is -0.217. The van der Waals surface area contributed by atoms with Gasteiger partial charge in [-0.05, 0) is 0 Å². The van der Waals surface area contributed by atoms with Gasteiger partial charge in [-0.2, -0.15) is 0 Å². The molecule has 0 spiro atoms. The van der Waals surface area contributed by atoms with Crippen LogP contribution in [0.25, 0.3) is 0 Å². The van der Waals surface area contributed by atoms with Crippen molar-refractivity contribution in [2.75, 3.05) is 13.2 Å². The van der Waals surface area contributed by atoms with Crippen LogP contribution in [-0.2, 0) is 9.53 Å². The van der Waals surface area contributed by atoms with Gasteiger partial charge in [0.1, 0.15) is 0 Å². The van der Waals surface area contributed by atoms with E-state index in [-0.39, 0.29) is 13.2 Å². The first-order valence-corrected chi connectivity index (χ1v) is 2.71. The van der Waals surface area contributed by atoms with Gasteiger partial charge < -0.3 is 20.1 Å². The molecule has 0 aliphatic heterocycles. The van der Waals surface area contributed by atoms with Crippen LogP contribution in [0.4, 0.5) is 0 Å². The molecule has 0 aromatic rings. The Labute approximate surface area is 57.9 Å². The third-order valence-corrected chi connectivity index (χ3v) is 0.871. The molecule has 0 heterocycles. The molecular formula is C5H10O5. The Balaban J connectivity index is 3.75. The van der Waals surface area contributed by atoms with Gasteiger partial charge in [0.2, 0.25) is 0 Å². The van der Waals surface area contributed by atoms with Crippen molar-refractivity contribution in [3.8, 4) is 0 Å². The van der Waals surface area contributed by atoms with Crippen molar-refractivity contribution in [3.63, 3.8) is 0 Å². The van der Waals surface area contributed by atoms with E-state index in [1.54, 1.807) is 0 Å². The Morgan fingerprint density at radius 3 is 2.50 bits per heavy atom. The fourth-order valence-electron chi connectivity index (χ4n) is 0.306. The van der Waals surface area contributed by atoms with E-state index in [0.29, 0.717) is 0 Å². The number of aliphatic hydroxyl groups is 2. The minimum atomic E-state index is -2.19. The first-order valence-electron chi connectivity index (χ1n) is 2.71. The first kappa shape index (κ1) is 9.35. The van der Waals surface area contributed by atoms with Gasteiger partial charge in [0.15, 0.2) is 0 Å². The number of aliphatic carboxylic acids is 1. The summed E-state index contributed by atoms with van der Waals surface area (Å²) in [6.45, 7) is 0.480. The van der Waals surface area contributed by atoms with E-state index in [9.17, 15) is 4.79 Å². The zero-order chi connectivity index (χ0) is 8.20. The maximum atomic E-state index is 10.1. The minimum Gasteiger partial charge on any atom is -0.477 e. The van der Waals surface area contributed by atoms with Gasteiger partial charge in [-0.3, -0.25) is 0 Å². The number of hydrogen-bond acceptors (Lipinski definition) is 4. The van der Waals surface area contributed by atoms with Crippen LogP contribution in [0.1, 0.15) is 6.92 Å². The number of ether oxygens (including phenoxy) is 1. The summed E-state index contributed by atoms with van der Waals surface area (Å²) in [6.07, 6.45) is 0. The van der Waals surface area contributed by atoms with Crippen molar-refractivity contribution in [2.24, 2.45) is 0 Å². The van der Waals surface area contributed by atoms with E-state index in [2.05, 4.69) is 4.74 Å². The third-order valence-electron chi connectivity index (χ3n) is 0.871. The highest BCUT2D eigenvalue weighted by Gasteiger charge is 2.30. The highest BCUT2D eigenvalue weighted by atomic mass is 16.6. The van der Waals surface area contributed by atoms with E-state index in [1.807, 2.05) is 0 Å². The van der Waals surface area contributed by atoms with Crippen molar-refractivity contribution in [2.45, 2.75) is 12.7 Å². The summed E-state index contributed by atoms with van der Waals surface area (Å²) < 4.78 is 4.35. The molecule has 3 N–H and O–H groups in total. The molecule has 0 bridgehead atoms. The van der Waals surface area contributed by atoms with Crippen LogP contribution in [0, 0.1) is 0 Å². The summed E-state index contributed by atoms with van der Waals surface area (Å²) in [5.74, 6) is -3.66. The maximum Gasteiger partial charge on any atom is 0.363 e. The Hall–Kier alpha value is -0.650. The normalized spacial score (nSPS) is 16.3. The molecule has 0 aliphatic rings. The van der Waals surface area contributed by atoms with E-state index in [0.717, 1.165) is 6.92 Å². The molecule has 0 fully saturated rings. The average molecular weight is 150 g/mol. The fourth-order valence-corrected chi connectivity index (χ4v) is 0.306. The Kier molecular flexibility index (Phi) is 3.27. The molecule has 0 saturated carbocycles. The summed E-state index contributed by atoms with van der Waals surface area (Å²) in [7, 11) is 0. The molecule has 0 aliphatic carbocycles. The zero-order valence-electron chi connectivity index (χ0n) is 5.57. The Bertz CT molecular complexity index is 119. The molecule has 10 heavy (non-hydrogen) atoms. The number of hydrogen-bond donors (Lipinski definition) is 3. The van der Waals surface area contributed by atoms with Crippen LogP contribution in [0.3, 0.4) is 0 Å². The van der Waals surface area contributed by atoms with Crippen LogP contribution < -0.4 is 0 Å². The summed E-state index contributed by atoms with van der Waals surface area (Å²) in [4.78, 5) is 10.1. The summed E-state index contributed by atoms with van der Waals surface area (Å²) in [6, 6.07) is 0. The van der Waals surface area contributed by atoms with Gasteiger partial charge in [-0.15, -0.1) is 0 Å². The molecule has 5 heteroatoms. The number of rotatable bonds is 4. The summed E-state index contributed by atoms with van der Waals surface area (Å²) in [5.41, 5.74) is 0. The van der Waals surface area contributed by atoms with Crippen LogP contribution in [0.5, 0.6) is 0 Å². The molecule has 1 unspecified atom stereocenters. The van der Waals surface area contributed by atoms with Crippen LogP contribution >= 0.6 is 0 Å². The molecule has 0 rings (SSSR count). The molecule has 1 atom stereocenters. The molecule has 0 aromatic carbocycles. The third kappa shape index (κ3) is 2.77. The molecule has 0 saturated heterocycles. The van der Waals surface area contributed by atoms with E-state index >= 15 is 0 Å². The van der Waals surface area contributed by atoms with E-state index < -0.39 is 11.8 Å². The lowest BCUT2D eigenvalue weighted by atomic mass is 10.3. The van der Waals surface area contributed by atoms with Crippen LogP contribution in [0.15, 0.2) is 0 Å². The van der Waals surface area contributed by atoms with Gasteiger partial charge >= 0.3 is 5.97 Å². The van der Waals surface area contributed by atoms with Gasteiger partial charge in [0.25, 0.3) is 5.79 Å². The molecule has 5 nitrogen and oxygen atoms in total. The molecule has 0 amide bonds. The zero-order valence-corrected chi connectivity index (χ0v) is 5.57. The van der Waals surface area contributed by atoms with Crippen LogP contribution in [-0.4, -0.2) is 40.3 Å². The van der Waals surface area contributed by atoms with Crippen molar-refractivity contribution >= 4 is 5.97 Å². The average Bonchev–Trinajstić information content (AvgIpc) is 1.84. The van der Waals surface area contributed by atoms with Gasteiger partial charge in [-0.25, -0.2) is 4.79 Å². The number of carbonyl (C=O) groups is 1. The standard InChI is InChI=1S/C5H10O5/c1-5(9,4(7)8)10-3-2-6/h6,9H,2-3H2,1H3,(H,7,8). The van der Waals surface area contributed by atoms with Gasteiger partial charge in [-0.1, -0.05) is 0 Å². The Morgan fingerprint density at radius 2 is 2.20 bits per heavy atom. The van der Waals surface area contributed by atoms with Crippen molar-refractivity contribution < 1.29 is 24.9 Å². The lowest BCUT2D eigenvalue weighted by Gasteiger charge is -2.17. The van der Waals surface area contributed by atoms with Gasteiger partial charge in [0.05, 0.1) is 13.2 Å². The van der Waals surface area contributed by atoms with Crippen molar-refractivity contribution in [1.29, 1.82) is 0 Å². The first-order chi connectivity index (χ1) is 4.50. The smallest absolute Gasteiger partial charge is 0.363 e. The van der Waals surface area contributed by atoms with E-state index in [1.165, 1.54) is 0 Å². The van der Waals surface area contributed by atoms with Gasteiger partial charge in [0, 0.05) is 6.92 Å². The second-order valence-electron chi connectivity index (χ2n) is 1.86. The van der Waals surface area contributed by atoms with Crippen LogP contribution in [0.2, 0.25) is 0 Å². The largest absolute Gasteiger partial charge is 0.477 e. The SMILES string of the molecule is CC(O)(OCCO)C(=O)O. The number of aliphatic hydroxyl groups excluding tert-OH is 1. The predicted molar refractivity (Wildman–Crippen MR) is 31.3 cm³/mol. The molecular weight excluding hydrogens is 140 g/mol. The topological polar surface area (TPSA) is 87.0 Å². The van der Waals surface area contributed by atoms with Crippen molar-refractivity contribution in [3.05, 3.63) is 0 Å².